The largest absolute Gasteiger partial charge is 0.393 e. The van der Waals surface area contributed by atoms with E-state index in [2.05, 4.69) is 35.6 Å². The van der Waals surface area contributed by atoms with Crippen molar-refractivity contribution in [1.29, 1.82) is 0 Å². The van der Waals surface area contributed by atoms with Gasteiger partial charge in [-0.2, -0.15) is 5.10 Å². The maximum absolute atomic E-state index is 9.78. The highest BCUT2D eigenvalue weighted by Crippen LogP contribution is 2.24. The molecule has 1 aliphatic rings. The van der Waals surface area contributed by atoms with E-state index in [1.54, 1.807) is 23.1 Å². The molecular weight excluding hydrogens is 314 g/mol. The molecule has 0 spiro atoms. The first kappa shape index (κ1) is 15.8. The predicted octanol–water partition coefficient (Wildman–Crippen LogP) is 3.07. The Balaban J connectivity index is 1.86. The zero-order chi connectivity index (χ0) is 15.5. The Bertz CT molecular complexity index is 690. The number of thioether (sulfide) groups is 1. The van der Waals surface area contributed by atoms with E-state index in [1.165, 1.54) is 4.90 Å². The van der Waals surface area contributed by atoms with Crippen LogP contribution in [0, 0.1) is 0 Å². The van der Waals surface area contributed by atoms with Crippen LogP contribution in [-0.2, 0) is 7.05 Å². The second kappa shape index (κ2) is 6.98. The molecule has 2 atom stereocenters. The Morgan fingerprint density at radius 2 is 2.09 bits per heavy atom. The van der Waals surface area contributed by atoms with Crippen LogP contribution < -0.4 is 4.80 Å². The zero-order valence-corrected chi connectivity index (χ0v) is 14.5. The average molecular weight is 335 g/mol. The third-order valence-corrected chi connectivity index (χ3v) is 5.76. The predicted molar refractivity (Wildman–Crippen MR) is 92.1 cm³/mol. The van der Waals surface area contributed by atoms with Crippen LogP contribution in [-0.4, -0.2) is 33.3 Å². The normalized spacial score (nSPS) is 23.0. The standard InChI is InChI=1S/C16H21N3OS2/c1-19-16(17-12-4-3-5-13(20)10-12)22-15(18-19)11-6-8-14(21-2)9-7-11/h6-9,12-13,20H,3-5,10H2,1-2H3/b17-16-. The van der Waals surface area contributed by atoms with Crippen molar-refractivity contribution in [3.63, 3.8) is 0 Å². The zero-order valence-electron chi connectivity index (χ0n) is 12.9. The van der Waals surface area contributed by atoms with E-state index in [9.17, 15) is 5.11 Å². The fraction of sp³-hybridized carbons (Fsp3) is 0.500. The molecule has 1 aliphatic carbocycles. The lowest BCUT2D eigenvalue weighted by molar-refractivity contribution is 0.120. The second-order valence-electron chi connectivity index (χ2n) is 5.65. The number of aromatic nitrogens is 2. The van der Waals surface area contributed by atoms with Crippen LogP contribution in [0.2, 0.25) is 0 Å². The van der Waals surface area contributed by atoms with Crippen LogP contribution in [0.4, 0.5) is 0 Å². The number of rotatable bonds is 3. The highest BCUT2D eigenvalue weighted by molar-refractivity contribution is 7.98. The molecule has 0 aliphatic heterocycles. The molecule has 0 radical (unpaired) electrons. The highest BCUT2D eigenvalue weighted by atomic mass is 32.2. The van der Waals surface area contributed by atoms with Gasteiger partial charge in [-0.15, -0.1) is 11.8 Å². The monoisotopic (exact) mass is 335 g/mol. The lowest BCUT2D eigenvalue weighted by Crippen LogP contribution is -2.25. The summed E-state index contributed by atoms with van der Waals surface area (Å²) in [5.41, 5.74) is 1.13. The van der Waals surface area contributed by atoms with E-state index in [1.807, 2.05) is 11.7 Å². The number of hydrogen-bond donors (Lipinski definition) is 1. The molecule has 1 aromatic carbocycles. The fourth-order valence-corrected chi connectivity index (χ4v) is 4.10. The van der Waals surface area contributed by atoms with Crippen molar-refractivity contribution in [3.8, 4) is 10.6 Å². The number of hydrogen-bond acceptors (Lipinski definition) is 5. The van der Waals surface area contributed by atoms with Crippen LogP contribution in [0.25, 0.3) is 10.6 Å². The van der Waals surface area contributed by atoms with Crippen LogP contribution in [0.3, 0.4) is 0 Å². The first-order valence-electron chi connectivity index (χ1n) is 7.56. The Hall–Kier alpha value is -1.11. The molecule has 3 rings (SSSR count). The molecule has 0 amide bonds. The van der Waals surface area contributed by atoms with Crippen molar-refractivity contribution >= 4 is 23.1 Å². The summed E-state index contributed by atoms with van der Waals surface area (Å²) >= 11 is 3.36. The summed E-state index contributed by atoms with van der Waals surface area (Å²) in [5.74, 6) is 0. The van der Waals surface area contributed by atoms with Crippen LogP contribution in [0.15, 0.2) is 34.2 Å². The molecule has 118 valence electrons. The first-order chi connectivity index (χ1) is 10.7. The van der Waals surface area contributed by atoms with Crippen molar-refractivity contribution < 1.29 is 5.11 Å². The average Bonchev–Trinajstić information content (AvgIpc) is 2.88. The molecular formula is C16H21N3OS2. The molecule has 1 aromatic heterocycles. The fourth-order valence-electron chi connectivity index (χ4n) is 2.72. The highest BCUT2D eigenvalue weighted by Gasteiger charge is 2.19. The van der Waals surface area contributed by atoms with Gasteiger partial charge in [0.05, 0.1) is 12.1 Å². The molecule has 1 N–H and O–H groups in total. The van der Waals surface area contributed by atoms with Gasteiger partial charge in [0, 0.05) is 17.5 Å². The van der Waals surface area contributed by atoms with E-state index >= 15 is 0 Å². The summed E-state index contributed by atoms with van der Waals surface area (Å²) in [6, 6.07) is 8.69. The van der Waals surface area contributed by atoms with Crippen LogP contribution >= 0.6 is 23.1 Å². The quantitative estimate of drug-likeness (QED) is 0.877. The maximum Gasteiger partial charge on any atom is 0.203 e. The molecule has 1 fully saturated rings. The molecule has 4 nitrogen and oxygen atoms in total. The topological polar surface area (TPSA) is 50.4 Å². The SMILES string of the molecule is CSc1ccc(-c2nn(C)/c(=N/C3CCCC(O)C3)s2)cc1. The summed E-state index contributed by atoms with van der Waals surface area (Å²) in [4.78, 5) is 6.99. The first-order valence-corrected chi connectivity index (χ1v) is 9.60. The number of aryl methyl sites for hydroxylation is 1. The number of benzene rings is 1. The number of nitrogens with zero attached hydrogens (tertiary/aromatic N) is 3. The van der Waals surface area contributed by atoms with Crippen LogP contribution in [0.5, 0.6) is 0 Å². The second-order valence-corrected chi connectivity index (χ2v) is 7.48. The lowest BCUT2D eigenvalue weighted by atomic mass is 9.94. The summed E-state index contributed by atoms with van der Waals surface area (Å²) < 4.78 is 1.85. The number of aliphatic hydroxyl groups excluding tert-OH is 1. The van der Waals surface area contributed by atoms with E-state index in [0.29, 0.717) is 0 Å². The van der Waals surface area contributed by atoms with Crippen LogP contribution in [0.1, 0.15) is 25.7 Å². The van der Waals surface area contributed by atoms with E-state index in [4.69, 9.17) is 4.99 Å². The molecule has 1 heterocycles. The number of aliphatic hydroxyl groups is 1. The molecule has 2 unspecified atom stereocenters. The summed E-state index contributed by atoms with van der Waals surface area (Å²) in [6.07, 6.45) is 5.68. The minimum atomic E-state index is -0.195. The maximum atomic E-state index is 9.78. The minimum absolute atomic E-state index is 0.195. The Morgan fingerprint density at radius 3 is 2.77 bits per heavy atom. The van der Waals surface area contributed by atoms with Gasteiger partial charge in [0.2, 0.25) is 4.80 Å². The van der Waals surface area contributed by atoms with Crippen molar-refractivity contribution in [2.24, 2.45) is 12.0 Å². The molecule has 0 bridgehead atoms. The van der Waals surface area contributed by atoms with Gasteiger partial charge in [0.25, 0.3) is 0 Å². The van der Waals surface area contributed by atoms with E-state index in [-0.39, 0.29) is 12.1 Å². The Kier molecular flexibility index (Phi) is 5.00. The molecule has 0 saturated heterocycles. The third-order valence-electron chi connectivity index (χ3n) is 3.95. The molecule has 6 heteroatoms. The van der Waals surface area contributed by atoms with Gasteiger partial charge in [0.15, 0.2) is 0 Å². The summed E-state index contributed by atoms with van der Waals surface area (Å²) in [5, 5.41) is 15.4. The van der Waals surface area contributed by atoms with E-state index in [0.717, 1.165) is 41.1 Å². The smallest absolute Gasteiger partial charge is 0.203 e. The molecule has 2 aromatic rings. The van der Waals surface area contributed by atoms with Crippen molar-refractivity contribution in [1.82, 2.24) is 9.78 Å². The molecule has 1 saturated carbocycles. The minimum Gasteiger partial charge on any atom is -0.393 e. The third kappa shape index (κ3) is 3.62. The molecule has 22 heavy (non-hydrogen) atoms. The van der Waals surface area contributed by atoms with Crippen molar-refractivity contribution in [3.05, 3.63) is 29.1 Å². The van der Waals surface area contributed by atoms with Gasteiger partial charge in [-0.05, 0) is 44.1 Å². The van der Waals surface area contributed by atoms with Gasteiger partial charge in [0.1, 0.15) is 5.01 Å². The van der Waals surface area contributed by atoms with Gasteiger partial charge in [-0.1, -0.05) is 23.5 Å². The van der Waals surface area contributed by atoms with Gasteiger partial charge in [-0.25, -0.2) is 4.68 Å². The van der Waals surface area contributed by atoms with Gasteiger partial charge < -0.3 is 5.11 Å². The Morgan fingerprint density at radius 1 is 1.32 bits per heavy atom. The van der Waals surface area contributed by atoms with E-state index < -0.39 is 0 Å². The summed E-state index contributed by atoms with van der Waals surface area (Å²) in [6.45, 7) is 0. The Labute approximate surface area is 138 Å². The van der Waals surface area contributed by atoms with Gasteiger partial charge >= 0.3 is 0 Å². The van der Waals surface area contributed by atoms with Crippen molar-refractivity contribution in [2.75, 3.05) is 6.26 Å². The van der Waals surface area contributed by atoms with Crippen molar-refractivity contribution in [2.45, 2.75) is 42.7 Å². The lowest BCUT2D eigenvalue weighted by Gasteiger charge is -2.22. The van der Waals surface area contributed by atoms with Gasteiger partial charge in [-0.3, -0.25) is 4.99 Å². The summed E-state index contributed by atoms with van der Waals surface area (Å²) in [7, 11) is 1.94.